The van der Waals surface area contributed by atoms with Gasteiger partial charge in [0.2, 0.25) is 6.41 Å². The number of rotatable bonds is 5. The maximum absolute atomic E-state index is 10.6. The van der Waals surface area contributed by atoms with Crippen molar-refractivity contribution in [3.05, 3.63) is 51.3 Å². The molecule has 2 heterocycles. The molecule has 154 valence electrons. The van der Waals surface area contributed by atoms with Gasteiger partial charge in [0.25, 0.3) is 0 Å². The van der Waals surface area contributed by atoms with Gasteiger partial charge in [0.05, 0.1) is 18.8 Å². The molecule has 0 aliphatic carbocycles. The molecule has 1 aromatic carbocycles. The fourth-order valence-corrected chi connectivity index (χ4v) is 3.20. The minimum Gasteiger partial charge on any atom is -0.400 e. The molecule has 0 unspecified atom stereocenters. The molecule has 3 rings (SSSR count). The lowest BCUT2D eigenvalue weighted by Gasteiger charge is -2.11. The van der Waals surface area contributed by atoms with E-state index in [-0.39, 0.29) is 0 Å². The number of aldehydes is 1. The normalized spacial score (nSPS) is 12.5. The van der Waals surface area contributed by atoms with Gasteiger partial charge in [0.15, 0.2) is 6.29 Å². The van der Waals surface area contributed by atoms with Gasteiger partial charge in [-0.3, -0.25) is 14.3 Å². The third-order valence-corrected chi connectivity index (χ3v) is 4.29. The predicted molar refractivity (Wildman–Crippen MR) is 109 cm³/mol. The molecular weight excluding hydrogens is 405 g/mol. The Hall–Kier alpha value is -1.93. The van der Waals surface area contributed by atoms with Gasteiger partial charge in [-0.1, -0.05) is 23.2 Å². The molecule has 0 radical (unpaired) electrons. The largest absolute Gasteiger partial charge is 0.400 e. The summed E-state index contributed by atoms with van der Waals surface area (Å²) in [4.78, 5) is 22.8. The number of aliphatic hydroxyl groups is 1. The standard InChI is InChI=1S/C9H10Cl2O.C9H11N3O2.CH4O/c1-12-3-2-7-4-8(10)6-9(11)5-7;13-6-8-4-9-5-11(7-14)2-1-3-12(9)10-8;1-2/h4-6H,2-3H2,1H3;4,6-7H,1-3,5H2;2H,1H3. The Morgan fingerprint density at radius 3 is 2.39 bits per heavy atom. The second-order valence-corrected chi connectivity index (χ2v) is 6.72. The number of halogens is 2. The van der Waals surface area contributed by atoms with Crippen molar-refractivity contribution >= 4 is 35.9 Å². The minimum atomic E-state index is 0.438. The van der Waals surface area contributed by atoms with Crippen LogP contribution in [0.15, 0.2) is 24.3 Å². The van der Waals surface area contributed by atoms with E-state index in [1.165, 1.54) is 0 Å². The van der Waals surface area contributed by atoms with Gasteiger partial charge in [-0.2, -0.15) is 5.10 Å². The zero-order valence-corrected chi connectivity index (χ0v) is 17.5. The van der Waals surface area contributed by atoms with Crippen LogP contribution in [0.1, 0.15) is 28.2 Å². The topological polar surface area (TPSA) is 84.7 Å². The Labute approximate surface area is 174 Å². The molecule has 2 aromatic rings. The molecule has 9 heteroatoms. The van der Waals surface area contributed by atoms with Crippen LogP contribution in [0.4, 0.5) is 0 Å². The van der Waals surface area contributed by atoms with E-state index in [2.05, 4.69) is 5.10 Å². The maximum Gasteiger partial charge on any atom is 0.210 e. The van der Waals surface area contributed by atoms with E-state index in [9.17, 15) is 9.59 Å². The lowest BCUT2D eigenvalue weighted by atomic mass is 10.2. The van der Waals surface area contributed by atoms with Gasteiger partial charge >= 0.3 is 0 Å². The van der Waals surface area contributed by atoms with Crippen LogP contribution in [-0.2, 0) is 29.0 Å². The van der Waals surface area contributed by atoms with Crippen molar-refractivity contribution in [3.63, 3.8) is 0 Å². The van der Waals surface area contributed by atoms with Crippen molar-refractivity contribution in [2.24, 2.45) is 0 Å². The molecule has 1 aromatic heterocycles. The first kappa shape index (κ1) is 24.1. The van der Waals surface area contributed by atoms with Gasteiger partial charge in [-0.05, 0) is 42.7 Å². The molecule has 1 aliphatic heterocycles. The predicted octanol–water partition coefficient (Wildman–Crippen LogP) is 2.85. The highest BCUT2D eigenvalue weighted by Crippen LogP contribution is 2.19. The Balaban J connectivity index is 0.000000260. The number of aromatic nitrogens is 2. The van der Waals surface area contributed by atoms with Crippen molar-refractivity contribution in [2.45, 2.75) is 25.9 Å². The van der Waals surface area contributed by atoms with E-state index in [0.29, 0.717) is 28.9 Å². The summed E-state index contributed by atoms with van der Waals surface area (Å²) in [6.07, 6.45) is 3.29. The Morgan fingerprint density at radius 2 is 1.82 bits per heavy atom. The third-order valence-electron chi connectivity index (χ3n) is 3.85. The van der Waals surface area contributed by atoms with E-state index in [0.717, 1.165) is 57.0 Å². The summed E-state index contributed by atoms with van der Waals surface area (Å²) in [6, 6.07) is 7.24. The monoisotopic (exact) mass is 429 g/mol. The first-order valence-electron chi connectivity index (χ1n) is 8.65. The molecule has 0 spiro atoms. The molecule has 0 fully saturated rings. The van der Waals surface area contributed by atoms with Crippen molar-refractivity contribution in [1.82, 2.24) is 14.7 Å². The molecule has 1 amide bonds. The molecule has 0 saturated heterocycles. The number of aliphatic hydroxyl groups excluding tert-OH is 1. The van der Waals surface area contributed by atoms with E-state index < -0.39 is 0 Å². The van der Waals surface area contributed by atoms with Crippen LogP contribution in [0.25, 0.3) is 0 Å². The third kappa shape index (κ3) is 7.98. The van der Waals surface area contributed by atoms with Crippen LogP contribution in [0.5, 0.6) is 0 Å². The fraction of sp³-hybridized carbons (Fsp3) is 0.421. The molecule has 0 bridgehead atoms. The van der Waals surface area contributed by atoms with Crippen LogP contribution in [-0.4, -0.2) is 59.9 Å². The number of ether oxygens (including phenoxy) is 1. The number of benzene rings is 1. The van der Waals surface area contributed by atoms with Crippen molar-refractivity contribution < 1.29 is 19.4 Å². The number of hydrogen-bond acceptors (Lipinski definition) is 5. The zero-order chi connectivity index (χ0) is 20.9. The Morgan fingerprint density at radius 1 is 1.14 bits per heavy atom. The second kappa shape index (κ2) is 13.3. The Bertz CT molecular complexity index is 733. The number of aryl methyl sites for hydroxylation is 1. The summed E-state index contributed by atoms with van der Waals surface area (Å²) in [7, 11) is 2.67. The highest BCUT2D eigenvalue weighted by atomic mass is 35.5. The molecule has 0 atom stereocenters. The average Bonchev–Trinajstić information content (AvgIpc) is 2.98. The van der Waals surface area contributed by atoms with Crippen molar-refractivity contribution in [1.29, 1.82) is 0 Å². The number of carbonyl (C=O) groups excluding carboxylic acids is 2. The summed E-state index contributed by atoms with van der Waals surface area (Å²) in [6.45, 7) is 2.76. The summed E-state index contributed by atoms with van der Waals surface area (Å²) in [5, 5.41) is 12.5. The average molecular weight is 430 g/mol. The summed E-state index contributed by atoms with van der Waals surface area (Å²) < 4.78 is 6.74. The van der Waals surface area contributed by atoms with Gasteiger partial charge in [0.1, 0.15) is 5.69 Å². The van der Waals surface area contributed by atoms with Gasteiger partial charge in [-0.15, -0.1) is 0 Å². The molecule has 7 nitrogen and oxygen atoms in total. The summed E-state index contributed by atoms with van der Waals surface area (Å²) >= 11 is 11.6. The SMILES string of the molecule is CO.COCCc1cc(Cl)cc(Cl)c1.O=Cc1cc2n(n1)CCCN(C=O)C2. The van der Waals surface area contributed by atoms with Gasteiger partial charge in [0, 0.05) is 37.4 Å². The van der Waals surface area contributed by atoms with Gasteiger partial charge in [-0.25, -0.2) is 0 Å². The van der Waals surface area contributed by atoms with E-state index in [1.807, 2.05) is 12.1 Å². The van der Waals surface area contributed by atoms with Crippen LogP contribution in [0.3, 0.4) is 0 Å². The van der Waals surface area contributed by atoms with Crippen LogP contribution >= 0.6 is 23.2 Å². The van der Waals surface area contributed by atoms with Crippen LogP contribution in [0.2, 0.25) is 10.0 Å². The number of amides is 1. The highest BCUT2D eigenvalue weighted by molar-refractivity contribution is 6.34. The second-order valence-electron chi connectivity index (χ2n) is 5.85. The lowest BCUT2D eigenvalue weighted by Crippen LogP contribution is -2.20. The molecule has 28 heavy (non-hydrogen) atoms. The van der Waals surface area contributed by atoms with E-state index in [4.69, 9.17) is 33.0 Å². The summed E-state index contributed by atoms with van der Waals surface area (Å²) in [5.74, 6) is 0. The van der Waals surface area contributed by atoms with Crippen molar-refractivity contribution in [3.8, 4) is 0 Å². The highest BCUT2D eigenvalue weighted by Gasteiger charge is 2.14. The van der Waals surface area contributed by atoms with Crippen LogP contribution < -0.4 is 0 Å². The quantitative estimate of drug-likeness (QED) is 0.738. The maximum atomic E-state index is 10.6. The Kier molecular flexibility index (Phi) is 11.4. The minimum absolute atomic E-state index is 0.438. The summed E-state index contributed by atoms with van der Waals surface area (Å²) in [5.41, 5.74) is 2.47. The van der Waals surface area contributed by atoms with E-state index >= 15 is 0 Å². The molecule has 1 aliphatic rings. The fourth-order valence-electron chi connectivity index (χ4n) is 2.63. The van der Waals surface area contributed by atoms with Crippen molar-refractivity contribution in [2.75, 3.05) is 27.4 Å². The number of methoxy groups -OCH3 is 1. The molecule has 0 saturated carbocycles. The molecule has 1 N–H and O–H groups in total. The number of nitrogens with zero attached hydrogens (tertiary/aromatic N) is 3. The number of hydrogen-bond donors (Lipinski definition) is 1. The van der Waals surface area contributed by atoms with Gasteiger partial charge < -0.3 is 14.7 Å². The smallest absolute Gasteiger partial charge is 0.210 e. The number of carbonyl (C=O) groups is 2. The lowest BCUT2D eigenvalue weighted by molar-refractivity contribution is -0.118. The first-order valence-corrected chi connectivity index (χ1v) is 9.41. The molecular formula is C19H25Cl2N3O4. The first-order chi connectivity index (χ1) is 13.5. The van der Waals surface area contributed by atoms with Crippen LogP contribution in [0, 0.1) is 0 Å². The van der Waals surface area contributed by atoms with E-state index in [1.54, 1.807) is 28.8 Å². The number of fused-ring (bicyclic) bond motifs is 1. The zero-order valence-electron chi connectivity index (χ0n) is 16.0.